The van der Waals surface area contributed by atoms with Gasteiger partial charge >= 0.3 is 6.18 Å². The minimum atomic E-state index is -4.40. The average Bonchev–Trinajstić information content (AvgIpc) is 3.92. The van der Waals surface area contributed by atoms with Crippen molar-refractivity contribution in [1.29, 1.82) is 0 Å². The van der Waals surface area contributed by atoms with Crippen LogP contribution in [0.3, 0.4) is 0 Å². The first-order valence-electron chi connectivity index (χ1n) is 28.1. The highest BCUT2D eigenvalue weighted by Crippen LogP contribution is 2.42. The third-order valence-corrected chi connectivity index (χ3v) is 18.2. The molecule has 10 heteroatoms. The van der Waals surface area contributed by atoms with E-state index >= 15 is 0 Å². The van der Waals surface area contributed by atoms with Crippen molar-refractivity contribution >= 4 is 37.7 Å². The second-order valence-corrected chi connectivity index (χ2v) is 23.9. The highest BCUT2D eigenvalue weighted by molar-refractivity contribution is 9.10. The molecule has 6 aromatic rings. The molecule has 72 heavy (non-hydrogen) atoms. The lowest BCUT2D eigenvalue weighted by molar-refractivity contribution is -0.137. The summed E-state index contributed by atoms with van der Waals surface area (Å²) in [7, 11) is 0. The molecule has 4 atom stereocenters. The normalized spacial score (nSPS) is 24.5. The van der Waals surface area contributed by atoms with Gasteiger partial charge in [-0.15, -0.1) is 0 Å². The molecule has 10 rings (SSSR count). The number of nitrogens with zero attached hydrogens (tertiary/aromatic N) is 2. The quantitative estimate of drug-likeness (QED) is 0.0691. The predicted molar refractivity (Wildman–Crippen MR) is 295 cm³/mol. The molecular weight excluding hydrogens is 966 g/mol. The molecule has 0 radical (unpaired) electrons. The molecule has 0 bridgehead atoms. The summed E-state index contributed by atoms with van der Waals surface area (Å²) in [5.41, 5.74) is 20.6. The third kappa shape index (κ3) is 12.8. The Bertz CT molecular complexity index is 2680. The van der Waals surface area contributed by atoms with Crippen molar-refractivity contribution in [3.63, 3.8) is 0 Å². The van der Waals surface area contributed by atoms with Gasteiger partial charge in [-0.2, -0.15) is 13.2 Å². The van der Waals surface area contributed by atoms with Crippen LogP contribution in [0.25, 0.3) is 21.8 Å². The standard InChI is InChI=1S/C62H80BrF3N6/c63-49-19-28-61-57(37-49)59(41-71(61)38-42-9-2-1-3-10-42)54(29-31-69-52-24-20-50(67)21-25-52)46-14-7-12-44(35-46)33-43-11-6-13-45(34-43)39-72-40-58(56-17-4-5-18-60(56)72)55(30-32-70-53-26-22-51(68)23-27-53)47-15-8-16-48(36-47)62(64,65)66/h4-5,7-8,12,14-19,28,35-37,40-43,45,50-55,69-70H,1-3,6,9-11,13,20-27,29-34,38-39,67-68H2. The van der Waals surface area contributed by atoms with Crippen LogP contribution in [0.4, 0.5) is 13.2 Å². The van der Waals surface area contributed by atoms with Gasteiger partial charge in [-0.1, -0.05) is 109 Å². The van der Waals surface area contributed by atoms with Crippen LogP contribution in [0, 0.1) is 17.8 Å². The lowest BCUT2D eigenvalue weighted by Gasteiger charge is -2.30. The van der Waals surface area contributed by atoms with Crippen LogP contribution >= 0.6 is 15.9 Å². The van der Waals surface area contributed by atoms with Crippen molar-refractivity contribution in [1.82, 2.24) is 19.8 Å². The van der Waals surface area contributed by atoms with Gasteiger partial charge in [0, 0.05) is 87.8 Å². The summed E-state index contributed by atoms with van der Waals surface area (Å²) in [4.78, 5) is 0. The van der Waals surface area contributed by atoms with Crippen LogP contribution in [-0.2, 0) is 25.7 Å². The monoisotopic (exact) mass is 1040 g/mol. The molecule has 0 saturated heterocycles. The maximum atomic E-state index is 14.2. The van der Waals surface area contributed by atoms with Gasteiger partial charge < -0.3 is 31.2 Å². The zero-order chi connectivity index (χ0) is 49.6. The van der Waals surface area contributed by atoms with Gasteiger partial charge in [0.25, 0.3) is 0 Å². The second-order valence-electron chi connectivity index (χ2n) is 22.9. The smallest absolute Gasteiger partial charge is 0.347 e. The summed E-state index contributed by atoms with van der Waals surface area (Å²) in [5, 5.41) is 10.3. The van der Waals surface area contributed by atoms with Crippen LogP contribution in [-0.4, -0.2) is 46.4 Å². The molecule has 4 saturated carbocycles. The van der Waals surface area contributed by atoms with Crippen molar-refractivity contribution in [2.45, 2.75) is 184 Å². The van der Waals surface area contributed by atoms with Crippen molar-refractivity contribution < 1.29 is 13.2 Å². The second kappa shape index (κ2) is 23.7. The van der Waals surface area contributed by atoms with E-state index in [1.807, 2.05) is 6.07 Å². The summed E-state index contributed by atoms with van der Waals surface area (Å²) in [6.45, 7) is 3.72. The first kappa shape index (κ1) is 51.6. The van der Waals surface area contributed by atoms with E-state index in [9.17, 15) is 13.2 Å². The molecule has 2 aromatic heterocycles. The first-order valence-corrected chi connectivity index (χ1v) is 28.9. The molecule has 0 aliphatic heterocycles. The van der Waals surface area contributed by atoms with E-state index in [1.54, 1.807) is 6.07 Å². The number of nitrogens with two attached hydrogens (primary N) is 2. The van der Waals surface area contributed by atoms with E-state index in [1.165, 1.54) is 103 Å². The van der Waals surface area contributed by atoms with Crippen molar-refractivity contribution in [2.75, 3.05) is 13.1 Å². The molecule has 4 aliphatic carbocycles. The number of alkyl halides is 3. The summed E-state index contributed by atoms with van der Waals surface area (Å²) >= 11 is 3.87. The topological polar surface area (TPSA) is 86.0 Å². The number of aromatic nitrogens is 2. The fourth-order valence-corrected chi connectivity index (χ4v) is 14.2. The highest BCUT2D eigenvalue weighted by Gasteiger charge is 2.33. The van der Waals surface area contributed by atoms with E-state index in [4.69, 9.17) is 11.5 Å². The maximum Gasteiger partial charge on any atom is 0.416 e. The molecule has 2 heterocycles. The Balaban J connectivity index is 0.879. The Morgan fingerprint density at radius 1 is 0.556 bits per heavy atom. The van der Waals surface area contributed by atoms with Crippen LogP contribution in [0.15, 0.2) is 108 Å². The third-order valence-electron chi connectivity index (χ3n) is 17.7. The summed E-state index contributed by atoms with van der Waals surface area (Å²) in [6, 6.07) is 32.7. The minimum Gasteiger partial charge on any atom is -0.347 e. The van der Waals surface area contributed by atoms with Gasteiger partial charge in [0.2, 0.25) is 0 Å². The highest BCUT2D eigenvalue weighted by atomic mass is 79.9. The number of nitrogens with one attached hydrogen (secondary N) is 2. The molecule has 4 unspecified atom stereocenters. The minimum absolute atomic E-state index is 0.177. The Morgan fingerprint density at radius 2 is 1.12 bits per heavy atom. The Hall–Kier alpha value is -3.93. The molecule has 0 amide bonds. The van der Waals surface area contributed by atoms with Gasteiger partial charge in [-0.25, -0.2) is 0 Å². The number of para-hydroxylation sites is 1. The molecule has 4 fully saturated rings. The fourth-order valence-electron chi connectivity index (χ4n) is 13.8. The molecule has 0 spiro atoms. The van der Waals surface area contributed by atoms with Crippen LogP contribution < -0.4 is 22.1 Å². The average molecular weight is 1050 g/mol. The lowest BCUT2D eigenvalue weighted by Crippen LogP contribution is -2.38. The Morgan fingerprint density at radius 3 is 1.79 bits per heavy atom. The largest absolute Gasteiger partial charge is 0.416 e. The van der Waals surface area contributed by atoms with E-state index in [0.29, 0.717) is 30.0 Å². The molecule has 386 valence electrons. The van der Waals surface area contributed by atoms with Gasteiger partial charge in [-0.3, -0.25) is 0 Å². The van der Waals surface area contributed by atoms with Crippen molar-refractivity contribution in [3.05, 3.63) is 141 Å². The van der Waals surface area contributed by atoms with Gasteiger partial charge in [0.1, 0.15) is 0 Å². The number of fused-ring (bicyclic) bond motifs is 2. The van der Waals surface area contributed by atoms with Crippen LogP contribution in [0.5, 0.6) is 0 Å². The predicted octanol–water partition coefficient (Wildman–Crippen LogP) is 14.8. The number of benzene rings is 4. The summed E-state index contributed by atoms with van der Waals surface area (Å²) < 4.78 is 48.7. The van der Waals surface area contributed by atoms with E-state index in [-0.39, 0.29) is 17.9 Å². The first-order chi connectivity index (χ1) is 35.0. The number of rotatable bonds is 18. The zero-order valence-electron chi connectivity index (χ0n) is 42.5. The molecular formula is C62H80BrF3N6. The van der Waals surface area contributed by atoms with E-state index in [0.717, 1.165) is 124 Å². The summed E-state index contributed by atoms with van der Waals surface area (Å²) in [6.07, 6.45) is 23.4. The van der Waals surface area contributed by atoms with Crippen molar-refractivity contribution in [3.8, 4) is 0 Å². The van der Waals surface area contributed by atoms with Crippen LogP contribution in [0.1, 0.15) is 167 Å². The molecule has 4 aliphatic rings. The zero-order valence-corrected chi connectivity index (χ0v) is 44.1. The van der Waals surface area contributed by atoms with Crippen molar-refractivity contribution in [2.24, 2.45) is 29.2 Å². The Labute approximate surface area is 435 Å². The Kier molecular flexibility index (Phi) is 17.0. The van der Waals surface area contributed by atoms with Crippen LogP contribution in [0.2, 0.25) is 0 Å². The number of hydrogen-bond acceptors (Lipinski definition) is 4. The summed E-state index contributed by atoms with van der Waals surface area (Å²) in [5.74, 6) is 1.94. The SMILES string of the molecule is NC1CCC(NCCC(c2cccc(CC3CCCC(Cn4cc(C(CCNC5CCC(N)CC5)c5cccc(C(F)(F)F)c5)c5ccccc54)C3)c2)c2cn(CC3CCCCC3)c3ccc(Br)cc23)CC1. The molecule has 4 aromatic carbocycles. The number of hydrogen-bond donors (Lipinski definition) is 4. The fraction of sp³-hybridized carbons (Fsp3) is 0.548. The van der Waals surface area contributed by atoms with E-state index in [2.05, 4.69) is 115 Å². The van der Waals surface area contributed by atoms with Gasteiger partial charge in [0.05, 0.1) is 5.56 Å². The lowest BCUT2D eigenvalue weighted by atomic mass is 9.78. The van der Waals surface area contributed by atoms with Gasteiger partial charge in [-0.05, 0) is 185 Å². The molecule has 6 nitrogen and oxygen atoms in total. The number of halogens is 4. The van der Waals surface area contributed by atoms with Gasteiger partial charge in [0.15, 0.2) is 0 Å². The van der Waals surface area contributed by atoms with E-state index < -0.39 is 11.7 Å². The molecule has 6 N–H and O–H groups in total. The maximum absolute atomic E-state index is 14.2.